The van der Waals surface area contributed by atoms with Crippen molar-refractivity contribution < 1.29 is 29.0 Å². The van der Waals surface area contributed by atoms with Gasteiger partial charge in [-0.25, -0.2) is 9.18 Å². The number of carboxylic acid groups (broad SMARTS) is 2. The molecule has 8 heteroatoms. The second-order valence-corrected chi connectivity index (χ2v) is 7.89. The molecule has 4 rings (SSSR count). The average Bonchev–Trinajstić information content (AvgIpc) is 3.35. The van der Waals surface area contributed by atoms with Gasteiger partial charge in [0.05, 0.1) is 18.2 Å². The van der Waals surface area contributed by atoms with Gasteiger partial charge in [-0.05, 0) is 43.9 Å². The van der Waals surface area contributed by atoms with E-state index in [2.05, 4.69) is 0 Å². The Kier molecular flexibility index (Phi) is 4.72. The fraction of sp³-hybridized carbons (Fsp3) is 0.550. The smallest absolute Gasteiger partial charge is 0.412 e. The van der Waals surface area contributed by atoms with Gasteiger partial charge >= 0.3 is 12.1 Å². The van der Waals surface area contributed by atoms with E-state index in [9.17, 15) is 23.9 Å². The van der Waals surface area contributed by atoms with Gasteiger partial charge in [0.2, 0.25) is 5.91 Å². The standard InChI is InChI=1S/C20H23FN2O5/c21-11-4-7-16-14(10-11)19(13-2-1-3-15(13)23(16)20(27)28)22(12-5-6-12)17(24)8-9-18(25)26/h4,7,10,12-13,15,19H,1-3,5-6,8-9H2,(H,25,26)(H,27,28). The minimum atomic E-state index is -1.07. The van der Waals surface area contributed by atoms with Crippen molar-refractivity contribution in [2.45, 2.75) is 63.1 Å². The number of fused-ring (bicyclic) bond motifs is 2. The van der Waals surface area contributed by atoms with Crippen LogP contribution >= 0.6 is 0 Å². The third kappa shape index (κ3) is 3.21. The topological polar surface area (TPSA) is 98.2 Å². The minimum absolute atomic E-state index is 0.0139. The molecule has 1 aromatic rings. The summed E-state index contributed by atoms with van der Waals surface area (Å²) in [5.41, 5.74) is 0.944. The van der Waals surface area contributed by atoms with E-state index in [-0.39, 0.29) is 36.8 Å². The van der Waals surface area contributed by atoms with Crippen LogP contribution in [-0.4, -0.2) is 45.2 Å². The highest BCUT2D eigenvalue weighted by Gasteiger charge is 2.51. The molecular weight excluding hydrogens is 367 g/mol. The second-order valence-electron chi connectivity index (χ2n) is 7.89. The summed E-state index contributed by atoms with van der Waals surface area (Å²) in [4.78, 5) is 38.9. The van der Waals surface area contributed by atoms with E-state index in [0.29, 0.717) is 17.7 Å². The number of aliphatic carboxylic acids is 1. The normalized spacial score (nSPS) is 25.8. The molecule has 2 saturated carbocycles. The Balaban J connectivity index is 1.78. The molecule has 1 heterocycles. The summed E-state index contributed by atoms with van der Waals surface area (Å²) in [7, 11) is 0. The number of nitrogens with zero attached hydrogens (tertiary/aromatic N) is 2. The highest BCUT2D eigenvalue weighted by molar-refractivity contribution is 5.90. The Morgan fingerprint density at radius 2 is 1.86 bits per heavy atom. The Morgan fingerprint density at radius 1 is 1.11 bits per heavy atom. The fourth-order valence-corrected chi connectivity index (χ4v) is 4.93. The molecule has 3 unspecified atom stereocenters. The van der Waals surface area contributed by atoms with Gasteiger partial charge in [-0.1, -0.05) is 6.42 Å². The van der Waals surface area contributed by atoms with E-state index >= 15 is 0 Å². The van der Waals surface area contributed by atoms with Crippen LogP contribution in [0.5, 0.6) is 0 Å². The maximum atomic E-state index is 14.1. The van der Waals surface area contributed by atoms with Crippen molar-refractivity contribution in [3.63, 3.8) is 0 Å². The van der Waals surface area contributed by atoms with Crippen molar-refractivity contribution in [1.82, 2.24) is 4.90 Å². The first-order valence-electron chi connectivity index (χ1n) is 9.73. The number of carbonyl (C=O) groups excluding carboxylic acids is 1. The molecule has 2 N–H and O–H groups in total. The van der Waals surface area contributed by atoms with Gasteiger partial charge < -0.3 is 15.1 Å². The van der Waals surface area contributed by atoms with Crippen molar-refractivity contribution in [1.29, 1.82) is 0 Å². The zero-order valence-electron chi connectivity index (χ0n) is 15.4. The van der Waals surface area contributed by atoms with E-state index in [1.54, 1.807) is 4.90 Å². The highest BCUT2D eigenvalue weighted by atomic mass is 19.1. The van der Waals surface area contributed by atoms with Gasteiger partial charge in [-0.2, -0.15) is 0 Å². The SMILES string of the molecule is O=C(O)CCC(=O)N(C1CC1)C1c2cc(F)ccc2N(C(=O)O)C2CCCC21. The van der Waals surface area contributed by atoms with Crippen LogP contribution in [0.2, 0.25) is 0 Å². The molecule has 1 aromatic carbocycles. The number of carboxylic acids is 1. The molecule has 0 aromatic heterocycles. The van der Waals surface area contributed by atoms with Gasteiger partial charge in [0.25, 0.3) is 0 Å². The number of hydrogen-bond donors (Lipinski definition) is 2. The predicted octanol–water partition coefficient (Wildman–Crippen LogP) is 3.39. The summed E-state index contributed by atoms with van der Waals surface area (Å²) >= 11 is 0. The molecule has 7 nitrogen and oxygen atoms in total. The third-order valence-corrected chi connectivity index (χ3v) is 6.12. The third-order valence-electron chi connectivity index (χ3n) is 6.12. The lowest BCUT2D eigenvalue weighted by atomic mass is 9.81. The Morgan fingerprint density at radius 3 is 2.50 bits per heavy atom. The molecule has 0 radical (unpaired) electrons. The zero-order valence-corrected chi connectivity index (χ0v) is 15.4. The van der Waals surface area contributed by atoms with Gasteiger partial charge in [0.15, 0.2) is 0 Å². The van der Waals surface area contributed by atoms with Crippen LogP contribution in [0.25, 0.3) is 0 Å². The Hall–Kier alpha value is -2.64. The van der Waals surface area contributed by atoms with Crippen molar-refractivity contribution in [2.75, 3.05) is 4.90 Å². The van der Waals surface area contributed by atoms with E-state index in [4.69, 9.17) is 5.11 Å². The lowest BCUT2D eigenvalue weighted by molar-refractivity contribution is -0.142. The quantitative estimate of drug-likeness (QED) is 0.803. The van der Waals surface area contributed by atoms with E-state index in [0.717, 1.165) is 25.7 Å². The maximum absolute atomic E-state index is 14.1. The first-order chi connectivity index (χ1) is 13.4. The molecule has 0 spiro atoms. The van der Waals surface area contributed by atoms with Crippen LogP contribution in [0.1, 0.15) is 56.6 Å². The number of halogens is 1. The molecule has 3 aliphatic rings. The summed E-state index contributed by atoms with van der Waals surface area (Å²) in [6.45, 7) is 0. The van der Waals surface area contributed by atoms with Crippen molar-refractivity contribution in [2.24, 2.45) is 5.92 Å². The van der Waals surface area contributed by atoms with Crippen molar-refractivity contribution in [3.8, 4) is 0 Å². The largest absolute Gasteiger partial charge is 0.481 e. The van der Waals surface area contributed by atoms with Crippen LogP contribution in [0.15, 0.2) is 18.2 Å². The van der Waals surface area contributed by atoms with E-state index in [1.165, 1.54) is 23.1 Å². The molecule has 2 amide bonds. The van der Waals surface area contributed by atoms with E-state index < -0.39 is 23.9 Å². The maximum Gasteiger partial charge on any atom is 0.412 e. The zero-order chi connectivity index (χ0) is 20.0. The number of amides is 2. The number of benzene rings is 1. The number of hydrogen-bond acceptors (Lipinski definition) is 3. The minimum Gasteiger partial charge on any atom is -0.481 e. The first kappa shape index (κ1) is 18.7. The van der Waals surface area contributed by atoms with Crippen molar-refractivity contribution >= 4 is 23.7 Å². The van der Waals surface area contributed by atoms with Crippen LogP contribution in [0.4, 0.5) is 14.9 Å². The van der Waals surface area contributed by atoms with Crippen LogP contribution in [0.3, 0.4) is 0 Å². The van der Waals surface area contributed by atoms with Crippen LogP contribution in [0, 0.1) is 11.7 Å². The second kappa shape index (κ2) is 7.07. The summed E-state index contributed by atoms with van der Waals surface area (Å²) in [5, 5.41) is 18.7. The van der Waals surface area contributed by atoms with Crippen LogP contribution in [-0.2, 0) is 9.59 Å². The van der Waals surface area contributed by atoms with Crippen molar-refractivity contribution in [3.05, 3.63) is 29.6 Å². The lowest BCUT2D eigenvalue weighted by Crippen LogP contribution is -2.52. The number of carbonyl (C=O) groups is 3. The summed E-state index contributed by atoms with van der Waals surface area (Å²) in [6.07, 6.45) is 2.54. The van der Waals surface area contributed by atoms with E-state index in [1.807, 2.05) is 0 Å². The van der Waals surface area contributed by atoms with Gasteiger partial charge in [0.1, 0.15) is 5.82 Å². The van der Waals surface area contributed by atoms with Gasteiger partial charge in [-0.3, -0.25) is 14.5 Å². The molecule has 1 aliphatic heterocycles. The molecule has 3 atom stereocenters. The molecular formula is C20H23FN2O5. The Labute approximate surface area is 161 Å². The predicted molar refractivity (Wildman–Crippen MR) is 97.5 cm³/mol. The lowest BCUT2D eigenvalue weighted by Gasteiger charge is -2.46. The molecule has 0 saturated heterocycles. The average molecular weight is 390 g/mol. The summed E-state index contributed by atoms with van der Waals surface area (Å²) < 4.78 is 14.1. The highest BCUT2D eigenvalue weighted by Crippen LogP contribution is 2.52. The molecule has 2 aliphatic carbocycles. The first-order valence-corrected chi connectivity index (χ1v) is 9.73. The Bertz CT molecular complexity index is 825. The summed E-state index contributed by atoms with van der Waals surface area (Å²) in [6, 6.07) is 3.41. The van der Waals surface area contributed by atoms with Gasteiger partial charge in [0, 0.05) is 30.0 Å². The number of anilines is 1. The molecule has 0 bridgehead atoms. The number of rotatable bonds is 5. The summed E-state index contributed by atoms with van der Waals surface area (Å²) in [5.74, 6) is -1.87. The van der Waals surface area contributed by atoms with Gasteiger partial charge in [-0.15, -0.1) is 0 Å². The molecule has 28 heavy (non-hydrogen) atoms. The van der Waals surface area contributed by atoms with Crippen LogP contribution < -0.4 is 4.90 Å². The molecule has 150 valence electrons. The fourth-order valence-electron chi connectivity index (χ4n) is 4.93. The molecule has 2 fully saturated rings. The monoisotopic (exact) mass is 390 g/mol.